The van der Waals surface area contributed by atoms with Crippen molar-refractivity contribution in [1.82, 2.24) is 4.90 Å². The summed E-state index contributed by atoms with van der Waals surface area (Å²) in [6.45, 7) is 3.61. The van der Waals surface area contributed by atoms with E-state index in [1.54, 1.807) is 12.1 Å². The van der Waals surface area contributed by atoms with E-state index in [-0.39, 0.29) is 24.7 Å². The van der Waals surface area contributed by atoms with Gasteiger partial charge in [-0.25, -0.2) is 0 Å². The molecule has 18 heavy (non-hydrogen) atoms. The van der Waals surface area contributed by atoms with Gasteiger partial charge >= 0.3 is 0 Å². The highest BCUT2D eigenvalue weighted by Crippen LogP contribution is 2.34. The molecule has 0 aliphatic carbocycles. The van der Waals surface area contributed by atoms with E-state index >= 15 is 0 Å². The average molecular weight is 253 g/mol. The van der Waals surface area contributed by atoms with Crippen molar-refractivity contribution in [2.45, 2.75) is 19.3 Å². The van der Waals surface area contributed by atoms with Crippen LogP contribution in [0, 0.1) is 0 Å². The summed E-state index contributed by atoms with van der Waals surface area (Å²) in [6.07, 6.45) is -0.351. The first-order valence-corrected chi connectivity index (χ1v) is 6.06. The molecule has 1 fully saturated rings. The molecule has 1 aliphatic heterocycles. The molecule has 1 aromatic rings. The normalized spacial score (nSPS) is 24.4. The molecule has 0 saturated carbocycles. The number of rotatable bonds is 4. The van der Waals surface area contributed by atoms with Crippen molar-refractivity contribution < 1.29 is 19.7 Å². The van der Waals surface area contributed by atoms with Crippen molar-refractivity contribution in [2.24, 2.45) is 0 Å². The van der Waals surface area contributed by atoms with Gasteiger partial charge in [0.05, 0.1) is 19.8 Å². The van der Waals surface area contributed by atoms with Crippen LogP contribution in [0.1, 0.15) is 18.7 Å². The quantitative estimate of drug-likeness (QED) is 0.841. The number of aliphatic hydroxyl groups excluding tert-OH is 1. The monoisotopic (exact) mass is 253 g/mol. The fourth-order valence-corrected chi connectivity index (χ4v) is 2.20. The smallest absolute Gasteiger partial charge is 0.160 e. The van der Waals surface area contributed by atoms with Gasteiger partial charge in [-0.05, 0) is 24.2 Å². The molecule has 2 N–H and O–H groups in total. The predicted molar refractivity (Wildman–Crippen MR) is 66.6 cm³/mol. The molecule has 1 saturated heterocycles. The molecule has 2 rings (SSSR count). The summed E-state index contributed by atoms with van der Waals surface area (Å²) in [5.41, 5.74) is 0.919. The van der Waals surface area contributed by atoms with Crippen LogP contribution in [0.25, 0.3) is 0 Å². The molecule has 0 aromatic heterocycles. The lowest BCUT2D eigenvalue weighted by molar-refractivity contribution is -0.0185. The maximum Gasteiger partial charge on any atom is 0.160 e. The van der Waals surface area contributed by atoms with E-state index in [1.165, 1.54) is 7.11 Å². The SMILES string of the molecule is CCN1CC(CO)OC1c1ccc(O)c(OC)c1. The summed E-state index contributed by atoms with van der Waals surface area (Å²) in [6, 6.07) is 5.17. The van der Waals surface area contributed by atoms with Gasteiger partial charge < -0.3 is 19.7 Å². The number of methoxy groups -OCH3 is 1. The topological polar surface area (TPSA) is 62.2 Å². The van der Waals surface area contributed by atoms with Gasteiger partial charge in [-0.3, -0.25) is 4.90 Å². The molecule has 5 nitrogen and oxygen atoms in total. The maximum absolute atomic E-state index is 9.58. The average Bonchev–Trinajstić information content (AvgIpc) is 2.82. The standard InChI is InChI=1S/C13H19NO4/c1-3-14-7-10(8-15)18-13(14)9-4-5-11(16)12(6-9)17-2/h4-6,10,13,15-16H,3,7-8H2,1-2H3. The zero-order valence-corrected chi connectivity index (χ0v) is 10.7. The number of benzene rings is 1. The van der Waals surface area contributed by atoms with Gasteiger partial charge in [-0.2, -0.15) is 0 Å². The number of ether oxygens (including phenoxy) is 2. The largest absolute Gasteiger partial charge is 0.504 e. The Morgan fingerprint density at radius 2 is 2.28 bits per heavy atom. The molecule has 2 unspecified atom stereocenters. The molecule has 5 heteroatoms. The Morgan fingerprint density at radius 1 is 1.50 bits per heavy atom. The van der Waals surface area contributed by atoms with Crippen molar-refractivity contribution in [3.05, 3.63) is 23.8 Å². The first-order chi connectivity index (χ1) is 8.69. The fraction of sp³-hybridized carbons (Fsp3) is 0.538. The van der Waals surface area contributed by atoms with Crippen LogP contribution < -0.4 is 4.74 Å². The summed E-state index contributed by atoms with van der Waals surface area (Å²) in [5.74, 6) is 0.542. The van der Waals surface area contributed by atoms with Gasteiger partial charge in [0, 0.05) is 6.54 Å². The Hall–Kier alpha value is -1.30. The molecule has 1 heterocycles. The van der Waals surface area contributed by atoms with Gasteiger partial charge in [0.25, 0.3) is 0 Å². The van der Waals surface area contributed by atoms with Crippen molar-refractivity contribution in [1.29, 1.82) is 0 Å². The zero-order chi connectivity index (χ0) is 13.1. The molecule has 0 amide bonds. The van der Waals surface area contributed by atoms with Crippen molar-refractivity contribution in [3.63, 3.8) is 0 Å². The Bertz CT molecular complexity index is 410. The highest BCUT2D eigenvalue weighted by molar-refractivity contribution is 5.42. The number of hydrogen-bond acceptors (Lipinski definition) is 5. The number of likely N-dealkylation sites (N-methyl/N-ethyl adjacent to an activating group) is 1. The van der Waals surface area contributed by atoms with E-state index in [9.17, 15) is 10.2 Å². The number of phenolic OH excluding ortho intramolecular Hbond substituents is 1. The third-order valence-corrected chi connectivity index (χ3v) is 3.19. The minimum atomic E-state index is -0.193. The van der Waals surface area contributed by atoms with Crippen LogP contribution in [0.15, 0.2) is 18.2 Å². The third-order valence-electron chi connectivity index (χ3n) is 3.19. The summed E-state index contributed by atoms with van der Waals surface area (Å²) >= 11 is 0. The van der Waals surface area contributed by atoms with Crippen LogP contribution in [-0.4, -0.2) is 48.0 Å². The predicted octanol–water partition coefficient (Wildman–Crippen LogP) is 1.11. The molecule has 1 aliphatic rings. The molecular formula is C13H19NO4. The first-order valence-electron chi connectivity index (χ1n) is 6.06. The van der Waals surface area contributed by atoms with Gasteiger partial charge in [-0.15, -0.1) is 0 Å². The minimum absolute atomic E-state index is 0.0161. The van der Waals surface area contributed by atoms with Gasteiger partial charge in [-0.1, -0.05) is 13.0 Å². The van der Waals surface area contributed by atoms with E-state index in [0.717, 1.165) is 12.1 Å². The van der Waals surface area contributed by atoms with Crippen molar-refractivity contribution in [2.75, 3.05) is 26.8 Å². The number of hydrogen-bond donors (Lipinski definition) is 2. The van der Waals surface area contributed by atoms with Gasteiger partial charge in [0.1, 0.15) is 6.23 Å². The molecule has 0 spiro atoms. The van der Waals surface area contributed by atoms with Crippen molar-refractivity contribution >= 4 is 0 Å². The van der Waals surface area contributed by atoms with E-state index in [2.05, 4.69) is 4.90 Å². The summed E-state index contributed by atoms with van der Waals surface area (Å²) in [5, 5.41) is 18.8. The van der Waals surface area contributed by atoms with Crippen LogP contribution in [0.3, 0.4) is 0 Å². The van der Waals surface area contributed by atoms with E-state index in [0.29, 0.717) is 12.3 Å². The lowest BCUT2D eigenvalue weighted by Gasteiger charge is -2.21. The molecule has 2 atom stereocenters. The first kappa shape index (κ1) is 13.1. The van der Waals surface area contributed by atoms with Crippen LogP contribution in [0.5, 0.6) is 11.5 Å². The molecule has 0 radical (unpaired) electrons. The van der Waals surface area contributed by atoms with Crippen LogP contribution in [0.4, 0.5) is 0 Å². The lowest BCUT2D eigenvalue weighted by atomic mass is 10.1. The van der Waals surface area contributed by atoms with E-state index < -0.39 is 0 Å². The zero-order valence-electron chi connectivity index (χ0n) is 10.7. The Morgan fingerprint density at radius 3 is 2.89 bits per heavy atom. The summed E-state index contributed by atoms with van der Waals surface area (Å²) in [4.78, 5) is 2.13. The Kier molecular flexibility index (Phi) is 4.06. The second-order valence-corrected chi connectivity index (χ2v) is 4.31. The van der Waals surface area contributed by atoms with Gasteiger partial charge in [0.15, 0.2) is 11.5 Å². The molecule has 1 aromatic carbocycles. The maximum atomic E-state index is 9.58. The number of phenols is 1. The lowest BCUT2D eigenvalue weighted by Crippen LogP contribution is -2.25. The Labute approximate surface area is 107 Å². The summed E-state index contributed by atoms with van der Waals surface area (Å²) < 4.78 is 10.9. The highest BCUT2D eigenvalue weighted by Gasteiger charge is 2.32. The van der Waals surface area contributed by atoms with Crippen LogP contribution >= 0.6 is 0 Å². The number of nitrogens with zero attached hydrogens (tertiary/aromatic N) is 1. The van der Waals surface area contributed by atoms with Crippen LogP contribution in [-0.2, 0) is 4.74 Å². The van der Waals surface area contributed by atoms with Gasteiger partial charge in [0.2, 0.25) is 0 Å². The number of aliphatic hydroxyl groups is 1. The molecule has 0 bridgehead atoms. The van der Waals surface area contributed by atoms with E-state index in [4.69, 9.17) is 9.47 Å². The summed E-state index contributed by atoms with van der Waals surface area (Å²) in [7, 11) is 1.52. The second-order valence-electron chi connectivity index (χ2n) is 4.31. The highest BCUT2D eigenvalue weighted by atomic mass is 16.5. The third kappa shape index (κ3) is 2.43. The van der Waals surface area contributed by atoms with Crippen molar-refractivity contribution in [3.8, 4) is 11.5 Å². The van der Waals surface area contributed by atoms with Crippen LogP contribution in [0.2, 0.25) is 0 Å². The minimum Gasteiger partial charge on any atom is -0.504 e. The molecule has 100 valence electrons. The number of aromatic hydroxyl groups is 1. The molecular weight excluding hydrogens is 234 g/mol. The Balaban J connectivity index is 2.24. The fourth-order valence-electron chi connectivity index (χ4n) is 2.20. The second kappa shape index (κ2) is 5.56. The van der Waals surface area contributed by atoms with E-state index in [1.807, 2.05) is 13.0 Å².